The van der Waals surface area contributed by atoms with Crippen LogP contribution in [0.4, 0.5) is 0 Å². The maximum Gasteiger partial charge on any atom is 0.191 e. The highest BCUT2D eigenvalue weighted by molar-refractivity contribution is 7.11. The predicted molar refractivity (Wildman–Crippen MR) is 71.9 cm³/mol. The highest BCUT2D eigenvalue weighted by Gasteiger charge is 2.21. The van der Waals surface area contributed by atoms with Crippen molar-refractivity contribution in [3.05, 3.63) is 16.6 Å². The van der Waals surface area contributed by atoms with Crippen molar-refractivity contribution >= 4 is 23.1 Å². The van der Waals surface area contributed by atoms with Crippen LogP contribution in [0.1, 0.15) is 35.5 Å². The van der Waals surface area contributed by atoms with Gasteiger partial charge in [0.15, 0.2) is 16.8 Å². The molecule has 6 heteroatoms. The Kier molecular flexibility index (Phi) is 4.30. The summed E-state index contributed by atoms with van der Waals surface area (Å²) in [5.41, 5.74) is 5.45. The van der Waals surface area contributed by atoms with Crippen LogP contribution in [0.15, 0.2) is 11.6 Å². The Hall–Kier alpha value is -1.43. The Morgan fingerprint density at radius 1 is 1.56 bits per heavy atom. The average molecular weight is 266 g/mol. The van der Waals surface area contributed by atoms with Gasteiger partial charge in [0.1, 0.15) is 0 Å². The quantitative estimate of drug-likeness (QED) is 0.494. The number of piperidine rings is 1. The number of carbonyl (C=O) groups is 1. The summed E-state index contributed by atoms with van der Waals surface area (Å²) in [4.78, 5) is 17.7. The molecule has 2 heterocycles. The van der Waals surface area contributed by atoms with Crippen LogP contribution in [0, 0.1) is 11.3 Å². The van der Waals surface area contributed by atoms with Crippen molar-refractivity contribution in [3.8, 4) is 0 Å². The number of nitrogens with one attached hydrogen (secondary N) is 1. The van der Waals surface area contributed by atoms with Gasteiger partial charge >= 0.3 is 0 Å². The van der Waals surface area contributed by atoms with Gasteiger partial charge in [0, 0.05) is 31.1 Å². The smallest absolute Gasteiger partial charge is 0.191 e. The molecule has 1 aliphatic heterocycles. The number of rotatable bonds is 4. The molecule has 2 rings (SSSR count). The molecule has 1 aliphatic rings. The Bertz CT molecular complexity index is 410. The van der Waals surface area contributed by atoms with Crippen LogP contribution < -0.4 is 5.73 Å². The second-order valence-electron chi connectivity index (χ2n) is 4.61. The van der Waals surface area contributed by atoms with Crippen LogP contribution in [-0.2, 0) is 0 Å². The molecule has 0 bridgehead atoms. The predicted octanol–water partition coefficient (Wildman–Crippen LogP) is 1.71. The summed E-state index contributed by atoms with van der Waals surface area (Å²) in [6.07, 6.45) is 5.21. The fourth-order valence-electron chi connectivity index (χ4n) is 2.27. The molecule has 0 radical (unpaired) electrons. The molecule has 0 aliphatic carbocycles. The molecule has 0 saturated carbocycles. The Morgan fingerprint density at radius 3 is 2.83 bits per heavy atom. The summed E-state index contributed by atoms with van der Waals surface area (Å²) < 4.78 is 0. The van der Waals surface area contributed by atoms with E-state index in [0.717, 1.165) is 32.4 Å². The van der Waals surface area contributed by atoms with E-state index in [-0.39, 0.29) is 11.7 Å². The number of thiazole rings is 1. The van der Waals surface area contributed by atoms with Crippen molar-refractivity contribution < 1.29 is 4.79 Å². The molecular weight excluding hydrogens is 248 g/mol. The first-order valence-corrected chi connectivity index (χ1v) is 7.06. The van der Waals surface area contributed by atoms with Gasteiger partial charge in [-0.3, -0.25) is 10.2 Å². The van der Waals surface area contributed by atoms with Crippen molar-refractivity contribution in [1.82, 2.24) is 9.88 Å². The molecule has 1 saturated heterocycles. The lowest BCUT2D eigenvalue weighted by Gasteiger charge is -2.32. The second kappa shape index (κ2) is 5.95. The Balaban J connectivity index is 1.72. The zero-order chi connectivity index (χ0) is 13.0. The van der Waals surface area contributed by atoms with Crippen LogP contribution in [-0.4, -0.2) is 34.7 Å². The summed E-state index contributed by atoms with van der Waals surface area (Å²) in [6, 6.07) is 0. The third kappa shape index (κ3) is 3.29. The van der Waals surface area contributed by atoms with Crippen LogP contribution >= 0.6 is 11.3 Å². The minimum absolute atomic E-state index is 0.152. The number of hydrogen-bond donors (Lipinski definition) is 2. The van der Waals surface area contributed by atoms with Gasteiger partial charge in [0.05, 0.1) is 0 Å². The molecule has 0 spiro atoms. The third-order valence-electron chi connectivity index (χ3n) is 3.41. The number of nitrogens with two attached hydrogens (primary N) is 1. The summed E-state index contributed by atoms with van der Waals surface area (Å²) in [7, 11) is 0. The van der Waals surface area contributed by atoms with E-state index in [2.05, 4.69) is 4.98 Å². The topological polar surface area (TPSA) is 83.1 Å². The van der Waals surface area contributed by atoms with E-state index in [9.17, 15) is 4.79 Å². The summed E-state index contributed by atoms with van der Waals surface area (Å²) in [5.74, 6) is 0.885. The van der Waals surface area contributed by atoms with Crippen LogP contribution in [0.3, 0.4) is 0 Å². The minimum atomic E-state index is 0.152. The van der Waals surface area contributed by atoms with Gasteiger partial charge in [-0.1, -0.05) is 0 Å². The van der Waals surface area contributed by atoms with Gasteiger partial charge in [-0.15, -0.1) is 11.3 Å². The van der Waals surface area contributed by atoms with Crippen LogP contribution in [0.5, 0.6) is 0 Å². The van der Waals surface area contributed by atoms with Gasteiger partial charge in [-0.25, -0.2) is 4.98 Å². The molecule has 1 aromatic rings. The zero-order valence-electron chi connectivity index (χ0n) is 10.3. The highest BCUT2D eigenvalue weighted by Crippen LogP contribution is 2.22. The zero-order valence-corrected chi connectivity index (χ0v) is 11.1. The van der Waals surface area contributed by atoms with Gasteiger partial charge in [0.25, 0.3) is 0 Å². The van der Waals surface area contributed by atoms with E-state index in [1.54, 1.807) is 6.20 Å². The lowest BCUT2D eigenvalue weighted by atomic mass is 9.91. The number of Topliss-reactive ketones (excluding diaryl/α,β-unsaturated/α-hetero) is 1. The van der Waals surface area contributed by atoms with Crippen LogP contribution in [0.2, 0.25) is 0 Å². The van der Waals surface area contributed by atoms with Gasteiger partial charge in [0.2, 0.25) is 0 Å². The number of likely N-dealkylation sites (tertiary alicyclic amines) is 1. The first kappa shape index (κ1) is 13.0. The standard InChI is InChI=1S/C12H18N4OS/c13-12(14)16-6-3-9(4-7-16)1-2-10(17)11-15-5-8-18-11/h5,8-9H,1-4,6-7H2,(H3,13,14). The second-order valence-corrected chi connectivity index (χ2v) is 5.51. The molecule has 3 N–H and O–H groups in total. The Morgan fingerprint density at radius 2 is 2.28 bits per heavy atom. The number of carbonyl (C=O) groups excluding carboxylic acids is 1. The van der Waals surface area contributed by atoms with E-state index in [4.69, 9.17) is 11.1 Å². The van der Waals surface area contributed by atoms with E-state index >= 15 is 0 Å². The first-order valence-electron chi connectivity index (χ1n) is 6.18. The Labute approximate surface area is 111 Å². The molecule has 98 valence electrons. The fraction of sp³-hybridized carbons (Fsp3) is 0.583. The monoisotopic (exact) mass is 266 g/mol. The SMILES string of the molecule is N=C(N)N1CCC(CCC(=O)c2nccs2)CC1. The lowest BCUT2D eigenvalue weighted by molar-refractivity contribution is 0.0967. The normalized spacial score (nSPS) is 16.8. The fourth-order valence-corrected chi connectivity index (χ4v) is 2.87. The highest BCUT2D eigenvalue weighted by atomic mass is 32.1. The van der Waals surface area contributed by atoms with Crippen molar-refractivity contribution in [1.29, 1.82) is 5.41 Å². The summed E-state index contributed by atoms with van der Waals surface area (Å²) in [6.45, 7) is 1.68. The lowest BCUT2D eigenvalue weighted by Crippen LogP contribution is -2.42. The van der Waals surface area contributed by atoms with E-state index < -0.39 is 0 Å². The molecule has 5 nitrogen and oxygen atoms in total. The summed E-state index contributed by atoms with van der Waals surface area (Å²) in [5, 5.41) is 9.82. The molecule has 1 aromatic heterocycles. The molecule has 0 aromatic carbocycles. The van der Waals surface area contributed by atoms with Crippen molar-refractivity contribution in [2.75, 3.05) is 13.1 Å². The van der Waals surface area contributed by atoms with Gasteiger partial charge in [-0.05, 0) is 25.2 Å². The molecule has 1 fully saturated rings. The minimum Gasteiger partial charge on any atom is -0.370 e. The van der Waals surface area contributed by atoms with E-state index in [0.29, 0.717) is 17.3 Å². The molecular formula is C12H18N4OS. The maximum absolute atomic E-state index is 11.8. The summed E-state index contributed by atoms with van der Waals surface area (Å²) >= 11 is 1.41. The third-order valence-corrected chi connectivity index (χ3v) is 4.22. The van der Waals surface area contributed by atoms with Crippen molar-refractivity contribution in [3.63, 3.8) is 0 Å². The largest absolute Gasteiger partial charge is 0.370 e. The molecule has 0 amide bonds. The number of aromatic nitrogens is 1. The average Bonchev–Trinajstić information content (AvgIpc) is 2.90. The van der Waals surface area contributed by atoms with Crippen molar-refractivity contribution in [2.24, 2.45) is 11.7 Å². The first-order chi connectivity index (χ1) is 8.66. The van der Waals surface area contributed by atoms with E-state index in [1.807, 2.05) is 10.3 Å². The molecule has 18 heavy (non-hydrogen) atoms. The number of nitrogens with zero attached hydrogens (tertiary/aromatic N) is 2. The number of guanidine groups is 1. The van der Waals surface area contributed by atoms with Gasteiger partial charge < -0.3 is 10.6 Å². The molecule has 0 atom stereocenters. The van der Waals surface area contributed by atoms with Crippen molar-refractivity contribution in [2.45, 2.75) is 25.7 Å². The van der Waals surface area contributed by atoms with Gasteiger partial charge in [-0.2, -0.15) is 0 Å². The van der Waals surface area contributed by atoms with Crippen LogP contribution in [0.25, 0.3) is 0 Å². The van der Waals surface area contributed by atoms with E-state index in [1.165, 1.54) is 11.3 Å². The molecule has 0 unspecified atom stereocenters. The number of hydrogen-bond acceptors (Lipinski definition) is 4. The number of ketones is 1. The maximum atomic E-state index is 11.8.